The normalized spacial score (nSPS) is 26.5. The quantitative estimate of drug-likeness (QED) is 0.825. The Morgan fingerprint density at radius 2 is 2.03 bits per heavy atom. The van der Waals surface area contributed by atoms with Crippen molar-refractivity contribution < 1.29 is 4.79 Å². The third-order valence-electron chi connectivity index (χ3n) is 6.81. The van der Waals surface area contributed by atoms with E-state index in [1.807, 2.05) is 23.1 Å². The first-order valence-electron chi connectivity index (χ1n) is 10.3. The van der Waals surface area contributed by atoms with Crippen molar-refractivity contribution in [1.29, 1.82) is 10.5 Å². The summed E-state index contributed by atoms with van der Waals surface area (Å²) in [6, 6.07) is 4.31. The number of likely N-dealkylation sites (tertiary alicyclic amines) is 1. The zero-order valence-electron chi connectivity index (χ0n) is 16.6. The van der Waals surface area contributed by atoms with Crippen LogP contribution in [0, 0.1) is 34.5 Å². The molecule has 9 heteroatoms. The molecule has 1 amide bonds. The Hall–Kier alpha value is -3.46. The molecule has 1 aliphatic carbocycles. The van der Waals surface area contributed by atoms with Gasteiger partial charge in [-0.1, -0.05) is 0 Å². The average Bonchev–Trinajstić information content (AvgIpc) is 3.50. The lowest BCUT2D eigenvalue weighted by Gasteiger charge is -2.29. The van der Waals surface area contributed by atoms with Crippen LogP contribution in [-0.4, -0.2) is 50.2 Å². The first-order valence-corrected chi connectivity index (χ1v) is 10.3. The van der Waals surface area contributed by atoms with Gasteiger partial charge in [0.2, 0.25) is 5.91 Å². The van der Waals surface area contributed by atoms with Crippen molar-refractivity contribution in [3.63, 3.8) is 0 Å². The van der Waals surface area contributed by atoms with Crippen molar-refractivity contribution in [1.82, 2.24) is 24.6 Å². The molecule has 2 aliphatic heterocycles. The molecule has 4 heterocycles. The molecular formula is C21H22N8O. The largest absolute Gasteiger partial charge is 0.369 e. The number of aromatic nitrogens is 4. The minimum atomic E-state index is -0.360. The van der Waals surface area contributed by atoms with Crippen LogP contribution >= 0.6 is 0 Å². The molecule has 2 aromatic heterocycles. The molecule has 2 aromatic rings. The van der Waals surface area contributed by atoms with E-state index in [9.17, 15) is 10.1 Å². The third kappa shape index (κ3) is 2.89. The van der Waals surface area contributed by atoms with Gasteiger partial charge in [0.05, 0.1) is 36.0 Å². The summed E-state index contributed by atoms with van der Waals surface area (Å²) in [5, 5.41) is 26.3. The molecule has 2 fully saturated rings. The van der Waals surface area contributed by atoms with Crippen LogP contribution in [0.15, 0.2) is 18.7 Å². The van der Waals surface area contributed by atoms with Gasteiger partial charge in [-0.15, -0.1) is 0 Å². The number of amides is 1. The fourth-order valence-electron chi connectivity index (χ4n) is 5.46. The summed E-state index contributed by atoms with van der Waals surface area (Å²) in [7, 11) is 0. The Morgan fingerprint density at radius 3 is 2.77 bits per heavy atom. The lowest BCUT2D eigenvalue weighted by Crippen LogP contribution is -2.35. The molecule has 152 valence electrons. The van der Waals surface area contributed by atoms with E-state index < -0.39 is 0 Å². The molecule has 0 radical (unpaired) electrons. The van der Waals surface area contributed by atoms with Crippen LogP contribution in [0.2, 0.25) is 0 Å². The predicted octanol–water partition coefficient (Wildman–Crippen LogP) is 1.70. The number of nitrogens with one attached hydrogen (secondary N) is 1. The van der Waals surface area contributed by atoms with Crippen molar-refractivity contribution in [2.75, 3.05) is 25.0 Å². The molecule has 9 nitrogen and oxygen atoms in total. The first kappa shape index (κ1) is 18.6. The molecule has 0 aromatic carbocycles. The molecule has 1 saturated heterocycles. The fourth-order valence-corrected chi connectivity index (χ4v) is 5.46. The van der Waals surface area contributed by atoms with Crippen LogP contribution < -0.4 is 5.32 Å². The summed E-state index contributed by atoms with van der Waals surface area (Å²) in [5.74, 6) is 1.46. The Kier molecular flexibility index (Phi) is 4.39. The monoisotopic (exact) mass is 402 g/mol. The van der Waals surface area contributed by atoms with E-state index in [1.165, 1.54) is 0 Å². The van der Waals surface area contributed by atoms with E-state index in [-0.39, 0.29) is 17.9 Å². The number of nitriles is 2. The number of hydrogen-bond donors (Lipinski definition) is 1. The average molecular weight is 402 g/mol. The topological polar surface area (TPSA) is 124 Å². The second-order valence-corrected chi connectivity index (χ2v) is 8.52. The summed E-state index contributed by atoms with van der Waals surface area (Å²) in [6.07, 6.45) is 8.24. The number of rotatable bonds is 4. The minimum Gasteiger partial charge on any atom is -0.369 e. The highest BCUT2D eigenvalue weighted by Gasteiger charge is 2.51. The van der Waals surface area contributed by atoms with E-state index >= 15 is 0 Å². The highest BCUT2D eigenvalue weighted by Crippen LogP contribution is 2.49. The predicted molar refractivity (Wildman–Crippen MR) is 107 cm³/mol. The van der Waals surface area contributed by atoms with Gasteiger partial charge in [-0.2, -0.15) is 15.6 Å². The number of carbonyl (C=O) groups is 1. The van der Waals surface area contributed by atoms with Crippen LogP contribution in [-0.2, 0) is 16.8 Å². The highest BCUT2D eigenvalue weighted by molar-refractivity contribution is 5.78. The Morgan fingerprint density at radius 1 is 1.23 bits per heavy atom. The molecule has 1 saturated carbocycles. The second kappa shape index (κ2) is 7.10. The number of anilines is 1. The molecule has 3 aliphatic rings. The van der Waals surface area contributed by atoms with Crippen LogP contribution in [0.25, 0.3) is 11.3 Å². The van der Waals surface area contributed by atoms with Crippen molar-refractivity contribution in [2.45, 2.75) is 37.6 Å². The SMILES string of the molecule is N#CCC(=O)N1C[C@@H]2C[C@](CC#N)(n3cc(-c4ncnc5c4CCN5)cn3)C[C@@H]2C1. The second-order valence-electron chi connectivity index (χ2n) is 8.52. The molecule has 30 heavy (non-hydrogen) atoms. The third-order valence-corrected chi connectivity index (χ3v) is 6.81. The van der Waals surface area contributed by atoms with Crippen molar-refractivity contribution >= 4 is 11.7 Å². The lowest BCUT2D eigenvalue weighted by molar-refractivity contribution is -0.129. The van der Waals surface area contributed by atoms with E-state index in [2.05, 4.69) is 26.5 Å². The molecular weight excluding hydrogens is 380 g/mol. The number of nitrogens with zero attached hydrogens (tertiary/aromatic N) is 7. The standard InChI is InChI=1S/C21H22N8O/c22-4-1-18(30)28-10-14-7-21(3-5-23,8-15(14)11-28)29-12-16(9-27-29)19-17-2-6-24-20(17)26-13-25-19/h9,12-15H,1-3,6-8,10-11H2,(H,24,25,26)/t14-,15+,21-. The molecule has 0 bridgehead atoms. The van der Waals surface area contributed by atoms with Gasteiger partial charge in [-0.05, 0) is 31.1 Å². The van der Waals surface area contributed by atoms with Gasteiger partial charge in [0, 0.05) is 37.0 Å². The molecule has 0 unspecified atom stereocenters. The summed E-state index contributed by atoms with van der Waals surface area (Å²) in [6.45, 7) is 2.19. The van der Waals surface area contributed by atoms with Crippen molar-refractivity contribution in [3.8, 4) is 23.4 Å². The van der Waals surface area contributed by atoms with Crippen LogP contribution in [0.5, 0.6) is 0 Å². The maximum absolute atomic E-state index is 12.1. The van der Waals surface area contributed by atoms with Gasteiger partial charge in [0.1, 0.15) is 18.6 Å². The maximum Gasteiger partial charge on any atom is 0.236 e. The van der Waals surface area contributed by atoms with E-state index in [0.29, 0.717) is 31.3 Å². The van der Waals surface area contributed by atoms with Crippen LogP contribution in [0.3, 0.4) is 0 Å². The van der Waals surface area contributed by atoms with Gasteiger partial charge in [0.25, 0.3) is 0 Å². The van der Waals surface area contributed by atoms with Crippen molar-refractivity contribution in [2.24, 2.45) is 11.8 Å². The molecule has 0 spiro atoms. The number of hydrogen-bond acceptors (Lipinski definition) is 7. The zero-order chi connectivity index (χ0) is 20.7. The Labute approximate surface area is 174 Å². The van der Waals surface area contributed by atoms with Gasteiger partial charge in [-0.3, -0.25) is 9.48 Å². The molecule has 3 atom stereocenters. The minimum absolute atomic E-state index is 0.0661. The first-order chi connectivity index (χ1) is 14.6. The van der Waals surface area contributed by atoms with E-state index in [1.54, 1.807) is 11.2 Å². The van der Waals surface area contributed by atoms with Crippen LogP contribution in [0.4, 0.5) is 5.82 Å². The fraction of sp³-hybridized carbons (Fsp3) is 0.524. The smallest absolute Gasteiger partial charge is 0.236 e. The molecule has 1 N–H and O–H groups in total. The summed E-state index contributed by atoms with van der Waals surface area (Å²) >= 11 is 0. The number of carbonyl (C=O) groups excluding carboxylic acids is 1. The van der Waals surface area contributed by atoms with E-state index in [4.69, 9.17) is 5.26 Å². The summed E-state index contributed by atoms with van der Waals surface area (Å²) in [4.78, 5) is 22.7. The summed E-state index contributed by atoms with van der Waals surface area (Å²) < 4.78 is 1.96. The highest BCUT2D eigenvalue weighted by atomic mass is 16.2. The van der Waals surface area contributed by atoms with Crippen molar-refractivity contribution in [3.05, 3.63) is 24.3 Å². The van der Waals surface area contributed by atoms with Gasteiger partial charge in [0.15, 0.2) is 0 Å². The van der Waals surface area contributed by atoms with E-state index in [0.717, 1.165) is 48.4 Å². The lowest BCUT2D eigenvalue weighted by atomic mass is 9.92. The number of fused-ring (bicyclic) bond motifs is 2. The van der Waals surface area contributed by atoms with Gasteiger partial charge >= 0.3 is 0 Å². The zero-order valence-corrected chi connectivity index (χ0v) is 16.6. The van der Waals surface area contributed by atoms with Crippen LogP contribution in [0.1, 0.15) is 31.2 Å². The van der Waals surface area contributed by atoms with Gasteiger partial charge < -0.3 is 10.2 Å². The molecule has 5 rings (SSSR count). The Balaban J connectivity index is 1.40. The Bertz CT molecular complexity index is 1060. The van der Waals surface area contributed by atoms with Gasteiger partial charge in [-0.25, -0.2) is 9.97 Å². The summed E-state index contributed by atoms with van der Waals surface area (Å²) in [5.41, 5.74) is 2.59. The maximum atomic E-state index is 12.1.